The Bertz CT molecular complexity index is 963. The molecule has 0 unspecified atom stereocenters. The lowest BCUT2D eigenvalue weighted by atomic mass is 10.1. The van der Waals surface area contributed by atoms with Crippen LogP contribution in [0.4, 0.5) is 13.2 Å². The summed E-state index contributed by atoms with van der Waals surface area (Å²) in [7, 11) is 0. The van der Waals surface area contributed by atoms with Crippen molar-refractivity contribution < 1.29 is 27.1 Å². The van der Waals surface area contributed by atoms with E-state index in [4.69, 9.17) is 9.15 Å². The molecule has 1 amide bonds. The minimum Gasteiger partial charge on any atom is -0.488 e. The van der Waals surface area contributed by atoms with Crippen LogP contribution in [0.2, 0.25) is 0 Å². The number of benzene rings is 1. The number of alkyl halides is 3. The van der Waals surface area contributed by atoms with Crippen LogP contribution >= 0.6 is 11.3 Å². The van der Waals surface area contributed by atoms with Gasteiger partial charge in [0.05, 0.1) is 17.7 Å². The average Bonchev–Trinajstić information content (AvgIpc) is 3.28. The molecule has 0 bridgehead atoms. The molecule has 0 saturated carbocycles. The van der Waals surface area contributed by atoms with Crippen LogP contribution in [-0.2, 0) is 13.2 Å². The molecule has 1 aromatic carbocycles. The van der Waals surface area contributed by atoms with Crippen LogP contribution < -0.4 is 4.74 Å². The van der Waals surface area contributed by atoms with Gasteiger partial charge in [0.1, 0.15) is 24.7 Å². The molecule has 1 aliphatic rings. The summed E-state index contributed by atoms with van der Waals surface area (Å²) in [6.45, 7) is -1.31. The van der Waals surface area contributed by atoms with Crippen molar-refractivity contribution in [2.45, 2.75) is 19.3 Å². The summed E-state index contributed by atoms with van der Waals surface area (Å²) in [4.78, 5) is 14.7. The molecular weight excluding hydrogens is 379 g/mol. The Kier molecular flexibility index (Phi) is 4.43. The third kappa shape index (κ3) is 3.71. The third-order valence-electron chi connectivity index (χ3n) is 4.12. The number of rotatable bonds is 4. The zero-order valence-electron chi connectivity index (χ0n) is 14.0. The average molecular weight is 393 g/mol. The van der Waals surface area contributed by atoms with Gasteiger partial charge in [-0.3, -0.25) is 4.79 Å². The Morgan fingerprint density at radius 2 is 2.00 bits per heavy atom. The Hall–Kier alpha value is -2.74. The highest BCUT2D eigenvalue weighted by atomic mass is 32.1. The Labute approximate surface area is 156 Å². The first kappa shape index (κ1) is 17.7. The number of para-hydroxylation sites is 1. The molecule has 0 aliphatic carbocycles. The highest BCUT2D eigenvalue weighted by Crippen LogP contribution is 2.42. The monoisotopic (exact) mass is 393 g/mol. The van der Waals surface area contributed by atoms with Crippen LogP contribution in [0.5, 0.6) is 5.75 Å². The predicted molar refractivity (Wildman–Crippen MR) is 93.6 cm³/mol. The second kappa shape index (κ2) is 6.77. The van der Waals surface area contributed by atoms with E-state index in [1.165, 1.54) is 17.6 Å². The first-order valence-corrected chi connectivity index (χ1v) is 8.96. The second-order valence-electron chi connectivity index (χ2n) is 6.11. The van der Waals surface area contributed by atoms with E-state index in [9.17, 15) is 18.0 Å². The van der Waals surface area contributed by atoms with E-state index in [0.717, 1.165) is 20.9 Å². The fourth-order valence-electron chi connectivity index (χ4n) is 2.97. The molecule has 1 aliphatic heterocycles. The fraction of sp³-hybridized carbons (Fsp3) is 0.211. The molecule has 4 rings (SSSR count). The largest absolute Gasteiger partial charge is 0.488 e. The number of furan rings is 1. The van der Waals surface area contributed by atoms with Gasteiger partial charge in [0.2, 0.25) is 0 Å². The van der Waals surface area contributed by atoms with Crippen LogP contribution in [0.3, 0.4) is 0 Å². The molecule has 0 saturated heterocycles. The number of hydrogen-bond donors (Lipinski definition) is 0. The van der Waals surface area contributed by atoms with Gasteiger partial charge in [0.25, 0.3) is 5.91 Å². The summed E-state index contributed by atoms with van der Waals surface area (Å²) < 4.78 is 49.8. The number of fused-ring (bicyclic) bond motifs is 3. The smallest absolute Gasteiger partial charge is 0.406 e. The second-order valence-corrected chi connectivity index (χ2v) is 7.16. The van der Waals surface area contributed by atoms with Crippen LogP contribution in [0.1, 0.15) is 21.0 Å². The lowest BCUT2D eigenvalue weighted by molar-refractivity contribution is -0.142. The lowest BCUT2D eigenvalue weighted by Gasteiger charge is -2.22. The van der Waals surface area contributed by atoms with Crippen LogP contribution in [0, 0.1) is 0 Å². The van der Waals surface area contributed by atoms with Crippen molar-refractivity contribution >= 4 is 17.2 Å². The van der Waals surface area contributed by atoms with Crippen molar-refractivity contribution in [3.05, 3.63) is 64.9 Å². The summed E-state index contributed by atoms with van der Waals surface area (Å²) in [5.74, 6) is 0.316. The number of carbonyl (C=O) groups excluding carboxylic acids is 1. The fourth-order valence-corrected chi connectivity index (χ4v) is 4.13. The third-order valence-corrected chi connectivity index (χ3v) is 5.32. The number of hydrogen-bond acceptors (Lipinski definition) is 4. The van der Waals surface area contributed by atoms with Crippen molar-refractivity contribution in [1.82, 2.24) is 4.90 Å². The molecule has 0 radical (unpaired) electrons. The van der Waals surface area contributed by atoms with E-state index in [0.29, 0.717) is 11.5 Å². The summed E-state index contributed by atoms with van der Waals surface area (Å²) in [6.07, 6.45) is -3.14. The van der Waals surface area contributed by atoms with Crippen LogP contribution in [0.25, 0.3) is 10.4 Å². The van der Waals surface area contributed by atoms with Gasteiger partial charge in [-0.1, -0.05) is 12.1 Å². The molecule has 27 heavy (non-hydrogen) atoms. The van der Waals surface area contributed by atoms with Gasteiger partial charge in [-0.25, -0.2) is 0 Å². The van der Waals surface area contributed by atoms with E-state index in [2.05, 4.69) is 0 Å². The molecule has 4 nitrogen and oxygen atoms in total. The molecule has 2 aromatic heterocycles. The maximum atomic E-state index is 13.0. The number of nitrogens with zero attached hydrogens (tertiary/aromatic N) is 1. The number of amides is 1. The zero-order valence-corrected chi connectivity index (χ0v) is 14.8. The molecule has 0 N–H and O–H groups in total. The molecule has 0 spiro atoms. The van der Waals surface area contributed by atoms with Gasteiger partial charge in [0, 0.05) is 16.0 Å². The van der Waals surface area contributed by atoms with Gasteiger partial charge >= 0.3 is 6.18 Å². The topological polar surface area (TPSA) is 42.7 Å². The maximum Gasteiger partial charge on any atom is 0.406 e. The summed E-state index contributed by atoms with van der Waals surface area (Å²) in [5.41, 5.74) is 1.64. The van der Waals surface area contributed by atoms with E-state index in [1.807, 2.05) is 24.3 Å². The van der Waals surface area contributed by atoms with Gasteiger partial charge in [-0.15, -0.1) is 11.3 Å². The van der Waals surface area contributed by atoms with E-state index >= 15 is 0 Å². The van der Waals surface area contributed by atoms with Crippen molar-refractivity contribution in [2.75, 3.05) is 6.54 Å². The minimum atomic E-state index is -4.51. The SMILES string of the molecule is O=C(c1cc2c(s1)-c1ccccc1OC2)N(Cc1ccco1)CC(F)(F)F. The molecule has 0 fully saturated rings. The normalized spacial score (nSPS) is 12.9. The molecular formula is C19H14F3NO3S. The Morgan fingerprint density at radius 1 is 1.19 bits per heavy atom. The van der Waals surface area contributed by atoms with Crippen molar-refractivity contribution in [3.8, 4) is 16.2 Å². The molecule has 0 atom stereocenters. The number of ether oxygens (including phenoxy) is 1. The van der Waals surface area contributed by atoms with Gasteiger partial charge in [0.15, 0.2) is 0 Å². The van der Waals surface area contributed by atoms with E-state index in [1.54, 1.807) is 18.2 Å². The lowest BCUT2D eigenvalue weighted by Crippen LogP contribution is -2.38. The van der Waals surface area contributed by atoms with Gasteiger partial charge in [-0.2, -0.15) is 13.2 Å². The van der Waals surface area contributed by atoms with Crippen molar-refractivity contribution in [1.29, 1.82) is 0 Å². The van der Waals surface area contributed by atoms with E-state index in [-0.39, 0.29) is 18.0 Å². The Balaban J connectivity index is 1.65. The number of carbonyl (C=O) groups is 1. The summed E-state index contributed by atoms with van der Waals surface area (Å²) >= 11 is 1.18. The van der Waals surface area contributed by atoms with E-state index < -0.39 is 18.6 Å². The number of halogens is 3. The Morgan fingerprint density at radius 3 is 2.74 bits per heavy atom. The molecule has 3 aromatic rings. The predicted octanol–water partition coefficient (Wildman–Crippen LogP) is 5.11. The molecule has 140 valence electrons. The maximum absolute atomic E-state index is 13.0. The standard InChI is InChI=1S/C19H14F3NO3S/c20-19(21,22)11-23(9-13-4-3-7-25-13)18(24)16-8-12-10-26-15-6-2-1-5-14(15)17(12)27-16/h1-8H,9-11H2. The highest BCUT2D eigenvalue weighted by molar-refractivity contribution is 7.17. The highest BCUT2D eigenvalue weighted by Gasteiger charge is 2.35. The minimum absolute atomic E-state index is 0.246. The van der Waals surface area contributed by atoms with Crippen LogP contribution in [-0.4, -0.2) is 23.5 Å². The first-order valence-electron chi connectivity index (χ1n) is 8.14. The van der Waals surface area contributed by atoms with Gasteiger partial charge < -0.3 is 14.1 Å². The number of thiophene rings is 1. The van der Waals surface area contributed by atoms with Crippen molar-refractivity contribution in [2.24, 2.45) is 0 Å². The van der Waals surface area contributed by atoms with Crippen molar-refractivity contribution in [3.63, 3.8) is 0 Å². The quantitative estimate of drug-likeness (QED) is 0.619. The summed E-state index contributed by atoms with van der Waals surface area (Å²) in [6, 6.07) is 12.1. The van der Waals surface area contributed by atoms with Gasteiger partial charge in [-0.05, 0) is 30.3 Å². The summed E-state index contributed by atoms with van der Waals surface area (Å²) in [5, 5.41) is 0. The van der Waals surface area contributed by atoms with Crippen LogP contribution in [0.15, 0.2) is 53.1 Å². The zero-order chi connectivity index (χ0) is 19.0. The molecule has 3 heterocycles. The molecule has 8 heteroatoms. The first-order chi connectivity index (χ1) is 12.9.